The number of sulfone groups is 1. The van der Waals surface area contributed by atoms with Crippen molar-refractivity contribution in [3.8, 4) is 0 Å². The molecule has 0 amide bonds. The van der Waals surface area contributed by atoms with Crippen LogP contribution in [0.3, 0.4) is 0 Å². The standard InChI is InChI=1S/C5H5NO2S/c7-9(8)4-1-2-6-3-5-9/h1-5H. The predicted molar refractivity (Wildman–Crippen MR) is 35.7 cm³/mol. The predicted octanol–water partition coefficient (Wildman–Crippen LogP) is 0.471. The summed E-state index contributed by atoms with van der Waals surface area (Å²) in [4.78, 5) is 3.59. The summed E-state index contributed by atoms with van der Waals surface area (Å²) in [6, 6.07) is 0. The van der Waals surface area contributed by atoms with Crippen molar-refractivity contribution in [3.05, 3.63) is 23.1 Å². The normalized spacial score (nSPS) is 21.8. The van der Waals surface area contributed by atoms with Gasteiger partial charge in [0.2, 0.25) is 0 Å². The third-order valence-electron chi connectivity index (χ3n) is 0.777. The van der Waals surface area contributed by atoms with Gasteiger partial charge in [-0.25, -0.2) is 8.42 Å². The van der Waals surface area contributed by atoms with Gasteiger partial charge in [-0.1, -0.05) is 0 Å². The molecule has 1 aliphatic heterocycles. The van der Waals surface area contributed by atoms with Crippen LogP contribution in [0.25, 0.3) is 0 Å². The highest BCUT2D eigenvalue weighted by molar-refractivity contribution is 7.97. The Morgan fingerprint density at radius 1 is 1.22 bits per heavy atom. The fraction of sp³-hybridized carbons (Fsp3) is 0. The maximum absolute atomic E-state index is 10.6. The third-order valence-corrected chi connectivity index (χ3v) is 1.81. The highest BCUT2D eigenvalue weighted by Gasteiger charge is 1.97. The molecule has 0 aromatic carbocycles. The van der Waals surface area contributed by atoms with Gasteiger partial charge in [0.15, 0.2) is 9.84 Å². The molecule has 4 heteroatoms. The zero-order valence-electron chi connectivity index (χ0n) is 4.56. The van der Waals surface area contributed by atoms with Crippen molar-refractivity contribution < 1.29 is 8.42 Å². The highest BCUT2D eigenvalue weighted by atomic mass is 32.2. The largest absolute Gasteiger partial charge is 0.264 e. The summed E-state index contributed by atoms with van der Waals surface area (Å²) < 4.78 is 21.2. The second-order valence-electron chi connectivity index (χ2n) is 1.50. The van der Waals surface area contributed by atoms with Crippen LogP contribution in [0.2, 0.25) is 0 Å². The van der Waals surface area contributed by atoms with Gasteiger partial charge in [0.05, 0.1) is 5.41 Å². The van der Waals surface area contributed by atoms with Crippen molar-refractivity contribution in [3.63, 3.8) is 0 Å². The van der Waals surface area contributed by atoms with Crippen molar-refractivity contribution in [2.24, 2.45) is 4.99 Å². The van der Waals surface area contributed by atoms with E-state index in [1.807, 2.05) is 0 Å². The van der Waals surface area contributed by atoms with Crippen LogP contribution in [-0.4, -0.2) is 14.6 Å². The lowest BCUT2D eigenvalue weighted by Gasteiger charge is -1.79. The number of hydrogen-bond acceptors (Lipinski definition) is 3. The molecule has 0 spiro atoms. The lowest BCUT2D eigenvalue weighted by molar-refractivity contribution is 0.612. The summed E-state index contributed by atoms with van der Waals surface area (Å²) >= 11 is 0. The topological polar surface area (TPSA) is 46.5 Å². The van der Waals surface area contributed by atoms with Crippen LogP contribution in [0, 0.1) is 0 Å². The zero-order valence-corrected chi connectivity index (χ0v) is 5.38. The van der Waals surface area contributed by atoms with Crippen molar-refractivity contribution in [1.29, 1.82) is 0 Å². The summed E-state index contributed by atoms with van der Waals surface area (Å²) in [5, 5.41) is 2.15. The fourth-order valence-electron chi connectivity index (χ4n) is 0.409. The number of aliphatic imine (C=N–C) groups is 1. The van der Waals surface area contributed by atoms with E-state index < -0.39 is 9.84 Å². The Bertz CT molecular complexity index is 249. The Hall–Kier alpha value is -0.900. The van der Waals surface area contributed by atoms with Crippen LogP contribution in [0.4, 0.5) is 0 Å². The van der Waals surface area contributed by atoms with Gasteiger partial charge in [-0.15, -0.1) is 0 Å². The average Bonchev–Trinajstić information content (AvgIpc) is 1.92. The first kappa shape index (κ1) is 6.22. The summed E-state index contributed by atoms with van der Waals surface area (Å²) in [6.07, 6.45) is 4.05. The minimum Gasteiger partial charge on any atom is -0.264 e. The molecule has 0 saturated heterocycles. The number of allylic oxidation sites excluding steroid dienone is 1. The summed E-state index contributed by atoms with van der Waals surface area (Å²) in [5.41, 5.74) is 0. The maximum Gasteiger partial charge on any atom is 0.194 e. The van der Waals surface area contributed by atoms with Gasteiger partial charge in [-0.3, -0.25) is 4.99 Å². The van der Waals surface area contributed by atoms with E-state index in [4.69, 9.17) is 0 Å². The van der Waals surface area contributed by atoms with Crippen LogP contribution in [0.15, 0.2) is 28.1 Å². The summed E-state index contributed by atoms with van der Waals surface area (Å²) in [6.45, 7) is 0. The van der Waals surface area contributed by atoms with E-state index in [-0.39, 0.29) is 0 Å². The molecule has 1 aliphatic rings. The first-order chi connectivity index (χ1) is 4.21. The van der Waals surface area contributed by atoms with Crippen molar-refractivity contribution in [2.75, 3.05) is 0 Å². The molecule has 0 fully saturated rings. The van der Waals surface area contributed by atoms with Crippen molar-refractivity contribution >= 4 is 16.1 Å². The van der Waals surface area contributed by atoms with E-state index in [2.05, 4.69) is 4.99 Å². The SMILES string of the molecule is O=S1(=O)C=CC=NC=C1. The van der Waals surface area contributed by atoms with E-state index in [1.54, 1.807) is 0 Å². The van der Waals surface area contributed by atoms with Crippen molar-refractivity contribution in [1.82, 2.24) is 0 Å². The molecule has 0 saturated carbocycles. The number of rotatable bonds is 0. The minimum atomic E-state index is -3.11. The van der Waals surface area contributed by atoms with E-state index in [9.17, 15) is 8.42 Å². The summed E-state index contributed by atoms with van der Waals surface area (Å²) in [5.74, 6) is 0. The maximum atomic E-state index is 10.6. The van der Waals surface area contributed by atoms with Gasteiger partial charge < -0.3 is 0 Å². The molecule has 0 unspecified atom stereocenters. The van der Waals surface area contributed by atoms with E-state index in [0.717, 1.165) is 10.8 Å². The molecule has 1 rings (SSSR count). The Morgan fingerprint density at radius 3 is 2.78 bits per heavy atom. The summed E-state index contributed by atoms with van der Waals surface area (Å²) in [7, 11) is -3.11. The Morgan fingerprint density at radius 2 is 2.00 bits per heavy atom. The van der Waals surface area contributed by atoms with Gasteiger partial charge in [0, 0.05) is 17.8 Å². The van der Waals surface area contributed by atoms with E-state index in [0.29, 0.717) is 0 Å². The van der Waals surface area contributed by atoms with Crippen molar-refractivity contribution in [2.45, 2.75) is 0 Å². The molecule has 0 N–H and O–H groups in total. The average molecular weight is 143 g/mol. The van der Waals surface area contributed by atoms with Crippen LogP contribution >= 0.6 is 0 Å². The van der Waals surface area contributed by atoms with Gasteiger partial charge >= 0.3 is 0 Å². The third kappa shape index (κ3) is 1.81. The van der Waals surface area contributed by atoms with E-state index >= 15 is 0 Å². The molecule has 0 aliphatic carbocycles. The highest BCUT2D eigenvalue weighted by Crippen LogP contribution is 1.96. The van der Waals surface area contributed by atoms with Gasteiger partial charge in [0.25, 0.3) is 0 Å². The van der Waals surface area contributed by atoms with E-state index in [1.165, 1.54) is 18.5 Å². The fourth-order valence-corrected chi connectivity index (χ4v) is 1.03. The first-order valence-corrected chi connectivity index (χ1v) is 3.93. The molecular formula is C5H5NO2S. The Balaban J connectivity index is 3.11. The second kappa shape index (κ2) is 2.14. The molecule has 0 aromatic rings. The molecule has 9 heavy (non-hydrogen) atoms. The molecule has 3 nitrogen and oxygen atoms in total. The van der Waals surface area contributed by atoms with Crippen LogP contribution < -0.4 is 0 Å². The lowest BCUT2D eigenvalue weighted by Crippen LogP contribution is -1.85. The lowest BCUT2D eigenvalue weighted by atomic mass is 10.7. The molecule has 0 bridgehead atoms. The van der Waals surface area contributed by atoms with Gasteiger partial charge in [0.1, 0.15) is 0 Å². The molecule has 1 heterocycles. The Kier molecular flexibility index (Phi) is 1.48. The molecule has 0 radical (unpaired) electrons. The monoisotopic (exact) mass is 143 g/mol. The van der Waals surface area contributed by atoms with Gasteiger partial charge in [-0.05, 0) is 6.08 Å². The molecule has 0 atom stereocenters. The quantitative estimate of drug-likeness (QED) is 0.495. The first-order valence-electron chi connectivity index (χ1n) is 2.32. The minimum absolute atomic E-state index is 1.05. The number of nitrogens with zero attached hydrogens (tertiary/aromatic N) is 1. The molecule has 48 valence electrons. The molecule has 0 aromatic heterocycles. The van der Waals surface area contributed by atoms with Crippen LogP contribution in [0.1, 0.15) is 0 Å². The van der Waals surface area contributed by atoms with Crippen LogP contribution in [0.5, 0.6) is 0 Å². The van der Waals surface area contributed by atoms with Gasteiger partial charge in [-0.2, -0.15) is 0 Å². The number of hydrogen-bond donors (Lipinski definition) is 0. The van der Waals surface area contributed by atoms with Crippen LogP contribution in [-0.2, 0) is 9.84 Å². The second-order valence-corrected chi connectivity index (χ2v) is 3.22. The smallest absolute Gasteiger partial charge is 0.194 e. The zero-order chi connectivity index (χ0) is 6.74. The molecular weight excluding hydrogens is 138 g/mol. The Labute approximate surface area is 53.3 Å².